The fourth-order valence-corrected chi connectivity index (χ4v) is 3.69. The van der Waals surface area contributed by atoms with E-state index in [1.165, 1.54) is 6.07 Å². The van der Waals surface area contributed by atoms with Crippen molar-refractivity contribution in [3.8, 4) is 11.8 Å². The fraction of sp³-hybridized carbons (Fsp3) is 0.167. The highest BCUT2D eigenvalue weighted by Gasteiger charge is 2.43. The van der Waals surface area contributed by atoms with E-state index in [0.29, 0.717) is 16.8 Å². The first kappa shape index (κ1) is 22.3. The lowest BCUT2D eigenvalue weighted by Crippen LogP contribution is -2.16. The summed E-state index contributed by atoms with van der Waals surface area (Å²) >= 11 is 10.9. The molecule has 0 fully saturated rings. The minimum Gasteiger partial charge on any atom is -0.245 e. The van der Waals surface area contributed by atoms with Gasteiger partial charge in [-0.1, -0.05) is 23.2 Å². The Morgan fingerprint density at radius 1 is 1.18 bits per heavy atom. The van der Waals surface area contributed by atoms with Crippen molar-refractivity contribution < 1.29 is 34.8 Å². The zero-order valence-corrected chi connectivity index (χ0v) is 15.7. The second-order valence-corrected chi connectivity index (χ2v) is 7.25. The second-order valence-electron chi connectivity index (χ2n) is 4.69. The normalized spacial score (nSPS) is 13.1. The Balaban J connectivity index is 2.89. The Morgan fingerprint density at radius 2 is 1.71 bits per heavy atom. The molecule has 0 aliphatic heterocycles. The Labute approximate surface area is 167 Å². The first-order valence-electron chi connectivity index (χ1n) is 6.41. The number of hydrogen-bond donors (Lipinski definition) is 0. The van der Waals surface area contributed by atoms with Crippen molar-refractivity contribution in [2.45, 2.75) is 16.6 Å². The van der Waals surface area contributed by atoms with Crippen LogP contribution in [-0.4, -0.2) is 23.7 Å². The van der Waals surface area contributed by atoms with Gasteiger partial charge < -0.3 is 0 Å². The molecule has 16 heteroatoms. The Kier molecular flexibility index (Phi) is 6.24. The third-order valence-corrected chi connectivity index (χ3v) is 4.99. The largest absolute Gasteiger partial charge is 0.476 e. The molecule has 2 rings (SSSR count). The van der Waals surface area contributed by atoms with Gasteiger partial charge in [0.2, 0.25) is 11.5 Å². The van der Waals surface area contributed by atoms with Crippen molar-refractivity contribution in [1.29, 1.82) is 5.26 Å². The summed E-state index contributed by atoms with van der Waals surface area (Å²) < 4.78 is 103. The number of alkyl halides is 6. The van der Waals surface area contributed by atoms with Gasteiger partial charge in [-0.25, -0.2) is 8.89 Å². The lowest BCUT2D eigenvalue weighted by atomic mass is 10.2. The van der Waals surface area contributed by atoms with Crippen molar-refractivity contribution in [3.63, 3.8) is 0 Å². The molecular weight excluding hydrogens is 481 g/mol. The molecule has 1 atom stereocenters. The highest BCUT2D eigenvalue weighted by Crippen LogP contribution is 2.41. The maximum absolute atomic E-state index is 12.9. The van der Waals surface area contributed by atoms with Crippen LogP contribution in [0.25, 0.3) is 5.69 Å². The molecule has 0 amide bonds. The molecule has 150 valence electrons. The summed E-state index contributed by atoms with van der Waals surface area (Å²) in [6, 6.07) is 2.07. The molecule has 1 aromatic heterocycles. The zero-order chi connectivity index (χ0) is 21.4. The SMILES string of the molecule is N#Cc1nn(-c2c(Cl)cc(C(F)(F)F)cc2Cl)c(N=S=O)c1S(=O)C(F)(F)F. The summed E-state index contributed by atoms with van der Waals surface area (Å²) in [5.74, 6) is -1.00. The van der Waals surface area contributed by atoms with Gasteiger partial charge in [0.1, 0.15) is 16.7 Å². The van der Waals surface area contributed by atoms with E-state index in [9.17, 15) is 34.8 Å². The van der Waals surface area contributed by atoms with Crippen molar-refractivity contribution >= 4 is 51.3 Å². The molecule has 28 heavy (non-hydrogen) atoms. The van der Waals surface area contributed by atoms with Crippen LogP contribution < -0.4 is 0 Å². The van der Waals surface area contributed by atoms with Gasteiger partial charge in [0.15, 0.2) is 22.3 Å². The van der Waals surface area contributed by atoms with Crippen LogP contribution in [0.1, 0.15) is 11.3 Å². The number of nitrogens with zero attached hydrogens (tertiary/aromatic N) is 4. The number of hydrogen-bond acceptors (Lipinski definition) is 5. The third-order valence-electron chi connectivity index (χ3n) is 3.00. The maximum Gasteiger partial charge on any atom is 0.476 e. The monoisotopic (exact) mass is 482 g/mol. The van der Waals surface area contributed by atoms with Crippen LogP contribution in [0.3, 0.4) is 0 Å². The van der Waals surface area contributed by atoms with Crippen LogP contribution >= 0.6 is 23.2 Å². The van der Waals surface area contributed by atoms with Gasteiger partial charge in [-0.3, -0.25) is 0 Å². The first-order chi connectivity index (χ1) is 12.8. The number of halogens is 8. The quantitative estimate of drug-likeness (QED) is 0.591. The number of benzene rings is 1. The predicted octanol–water partition coefficient (Wildman–Crippen LogP) is 4.73. The molecule has 0 aliphatic carbocycles. The molecule has 2 aromatic rings. The van der Waals surface area contributed by atoms with E-state index in [1.807, 2.05) is 0 Å². The van der Waals surface area contributed by atoms with Crippen molar-refractivity contribution in [2.24, 2.45) is 4.36 Å². The molecule has 1 aromatic carbocycles. The van der Waals surface area contributed by atoms with E-state index >= 15 is 0 Å². The minimum absolute atomic E-state index is 0.354. The lowest BCUT2D eigenvalue weighted by molar-refractivity contribution is -0.137. The summed E-state index contributed by atoms with van der Waals surface area (Å²) in [5, 5.41) is 11.0. The van der Waals surface area contributed by atoms with Gasteiger partial charge in [-0.2, -0.15) is 40.9 Å². The molecule has 0 N–H and O–H groups in total. The van der Waals surface area contributed by atoms with Crippen LogP contribution in [0.2, 0.25) is 10.0 Å². The molecule has 0 radical (unpaired) electrons. The summed E-state index contributed by atoms with van der Waals surface area (Å²) in [6.07, 6.45) is -4.84. The molecule has 1 unspecified atom stereocenters. The molecule has 0 saturated carbocycles. The second kappa shape index (κ2) is 7.82. The highest BCUT2D eigenvalue weighted by atomic mass is 35.5. The summed E-state index contributed by atoms with van der Waals surface area (Å²) in [6.45, 7) is 0. The van der Waals surface area contributed by atoms with Crippen molar-refractivity contribution in [3.05, 3.63) is 33.4 Å². The fourth-order valence-electron chi connectivity index (χ4n) is 1.96. The third kappa shape index (κ3) is 4.22. The Morgan fingerprint density at radius 3 is 2.11 bits per heavy atom. The number of aromatic nitrogens is 2. The van der Waals surface area contributed by atoms with Gasteiger partial charge in [0.25, 0.3) is 0 Å². The molecule has 1 heterocycles. The van der Waals surface area contributed by atoms with Crippen LogP contribution in [0, 0.1) is 11.3 Å². The van der Waals surface area contributed by atoms with E-state index in [2.05, 4.69) is 9.46 Å². The van der Waals surface area contributed by atoms with E-state index < -0.39 is 71.7 Å². The van der Waals surface area contributed by atoms with Crippen molar-refractivity contribution in [2.75, 3.05) is 0 Å². The molecule has 0 bridgehead atoms. The average molecular weight is 483 g/mol. The predicted molar refractivity (Wildman–Crippen MR) is 86.0 cm³/mol. The van der Waals surface area contributed by atoms with Gasteiger partial charge in [-0.05, 0) is 12.1 Å². The van der Waals surface area contributed by atoms with Gasteiger partial charge in [0.05, 0.1) is 15.6 Å². The molecule has 0 aliphatic rings. The standard InChI is InChI=1S/C12H2Cl2F6N4O2S2/c13-5-1-4(11(15,16)17)2-6(14)8(5)24-10(23-27-25)9(7(3-21)22-24)28(26)12(18,19)20/h1-2H. The summed E-state index contributed by atoms with van der Waals surface area (Å²) in [7, 11) is -3.83. The molecule has 6 nitrogen and oxygen atoms in total. The zero-order valence-electron chi connectivity index (χ0n) is 12.6. The topological polar surface area (TPSA) is 88.1 Å². The van der Waals surface area contributed by atoms with Gasteiger partial charge >= 0.3 is 11.7 Å². The summed E-state index contributed by atoms with van der Waals surface area (Å²) in [4.78, 5) is -1.26. The lowest BCUT2D eigenvalue weighted by Gasteiger charge is -2.13. The van der Waals surface area contributed by atoms with Crippen LogP contribution in [0.15, 0.2) is 21.4 Å². The van der Waals surface area contributed by atoms with Crippen molar-refractivity contribution in [1.82, 2.24) is 9.78 Å². The Bertz CT molecular complexity index is 1050. The van der Waals surface area contributed by atoms with Crippen LogP contribution in [-0.2, 0) is 28.4 Å². The average Bonchev–Trinajstić information content (AvgIpc) is 2.90. The highest BCUT2D eigenvalue weighted by molar-refractivity contribution is 7.86. The van der Waals surface area contributed by atoms with Crippen LogP contribution in [0.4, 0.5) is 32.2 Å². The van der Waals surface area contributed by atoms with Gasteiger partial charge in [0, 0.05) is 0 Å². The number of rotatable bonds is 3. The smallest absolute Gasteiger partial charge is 0.245 e. The number of nitriles is 1. The summed E-state index contributed by atoms with van der Waals surface area (Å²) in [5.41, 5.74) is -8.23. The minimum atomic E-state index is -5.34. The van der Waals surface area contributed by atoms with E-state index in [0.717, 1.165) is 0 Å². The van der Waals surface area contributed by atoms with E-state index in [-0.39, 0.29) is 0 Å². The molecular formula is C12H2Cl2F6N4O2S2. The van der Waals surface area contributed by atoms with Crippen LogP contribution in [0.5, 0.6) is 0 Å². The van der Waals surface area contributed by atoms with E-state index in [4.69, 9.17) is 28.5 Å². The molecule has 0 saturated heterocycles. The Hall–Kier alpha value is -1.95. The maximum atomic E-state index is 12.9. The first-order valence-corrected chi connectivity index (χ1v) is 9.01. The molecule has 0 spiro atoms. The van der Waals surface area contributed by atoms with Gasteiger partial charge in [-0.15, -0.1) is 4.36 Å². The van der Waals surface area contributed by atoms with E-state index in [1.54, 1.807) is 0 Å².